The number of rotatable bonds is 9. The smallest absolute Gasteiger partial charge is 0.142 e. The SMILES string of the molecule is Nc1ccccc1OCC1CC(c2ccc(OCCOc3ccccc3)cc2)NN1. The van der Waals surface area contributed by atoms with Crippen LogP contribution >= 0.6 is 0 Å². The molecule has 0 spiro atoms. The van der Waals surface area contributed by atoms with Gasteiger partial charge in [-0.1, -0.05) is 42.5 Å². The molecule has 0 amide bonds. The Labute approximate surface area is 176 Å². The zero-order chi connectivity index (χ0) is 20.6. The number of nitrogens with one attached hydrogen (secondary N) is 2. The van der Waals surface area contributed by atoms with Crippen LogP contribution in [0, 0.1) is 0 Å². The van der Waals surface area contributed by atoms with Gasteiger partial charge in [0.05, 0.1) is 11.7 Å². The van der Waals surface area contributed by atoms with Crippen LogP contribution < -0.4 is 30.8 Å². The molecule has 6 heteroatoms. The van der Waals surface area contributed by atoms with Crippen LogP contribution in [-0.2, 0) is 0 Å². The first-order chi connectivity index (χ1) is 14.8. The van der Waals surface area contributed by atoms with Crippen molar-refractivity contribution in [3.8, 4) is 17.2 Å². The summed E-state index contributed by atoms with van der Waals surface area (Å²) in [5.74, 6) is 2.41. The highest BCUT2D eigenvalue weighted by Crippen LogP contribution is 2.26. The summed E-state index contributed by atoms with van der Waals surface area (Å²) in [5.41, 5.74) is 14.4. The van der Waals surface area contributed by atoms with Crippen molar-refractivity contribution < 1.29 is 14.2 Å². The molecule has 0 aromatic heterocycles. The van der Waals surface area contributed by atoms with E-state index in [4.69, 9.17) is 19.9 Å². The molecule has 0 aliphatic carbocycles. The summed E-state index contributed by atoms with van der Waals surface area (Å²) >= 11 is 0. The molecule has 0 saturated carbocycles. The van der Waals surface area contributed by atoms with E-state index in [1.165, 1.54) is 5.56 Å². The molecular weight excluding hydrogens is 378 g/mol. The third-order valence-corrected chi connectivity index (χ3v) is 4.99. The lowest BCUT2D eigenvalue weighted by molar-refractivity contribution is 0.217. The van der Waals surface area contributed by atoms with Gasteiger partial charge in [-0.2, -0.15) is 0 Å². The van der Waals surface area contributed by atoms with Crippen molar-refractivity contribution in [3.63, 3.8) is 0 Å². The molecule has 1 heterocycles. The number of hydrazine groups is 1. The van der Waals surface area contributed by atoms with Crippen molar-refractivity contribution in [2.45, 2.75) is 18.5 Å². The number of benzene rings is 3. The van der Waals surface area contributed by atoms with Crippen LogP contribution in [0.5, 0.6) is 17.2 Å². The lowest BCUT2D eigenvalue weighted by Crippen LogP contribution is -2.34. The van der Waals surface area contributed by atoms with Crippen LogP contribution in [0.25, 0.3) is 0 Å². The van der Waals surface area contributed by atoms with Gasteiger partial charge in [0, 0.05) is 6.04 Å². The first kappa shape index (κ1) is 20.1. The van der Waals surface area contributed by atoms with Crippen molar-refractivity contribution in [2.24, 2.45) is 0 Å². The summed E-state index contributed by atoms with van der Waals surface area (Å²) in [6, 6.07) is 25.9. The number of nitrogens with two attached hydrogens (primary N) is 1. The van der Waals surface area contributed by atoms with Gasteiger partial charge in [0.15, 0.2) is 0 Å². The Hall–Kier alpha value is -3.22. The molecular formula is C24H27N3O3. The Morgan fingerprint density at radius 3 is 2.13 bits per heavy atom. The van der Waals surface area contributed by atoms with E-state index in [9.17, 15) is 0 Å². The molecule has 3 aromatic carbocycles. The van der Waals surface area contributed by atoms with Crippen LogP contribution in [0.1, 0.15) is 18.0 Å². The van der Waals surface area contributed by atoms with E-state index in [1.54, 1.807) is 0 Å². The fourth-order valence-corrected chi connectivity index (χ4v) is 3.38. The van der Waals surface area contributed by atoms with Gasteiger partial charge < -0.3 is 19.9 Å². The lowest BCUT2D eigenvalue weighted by Gasteiger charge is -2.13. The van der Waals surface area contributed by atoms with Gasteiger partial charge in [-0.05, 0) is 48.4 Å². The molecule has 156 valence electrons. The van der Waals surface area contributed by atoms with E-state index >= 15 is 0 Å². The molecule has 0 bridgehead atoms. The summed E-state index contributed by atoms with van der Waals surface area (Å²) in [6.45, 7) is 1.56. The van der Waals surface area contributed by atoms with E-state index in [2.05, 4.69) is 23.0 Å². The molecule has 1 aliphatic heterocycles. The normalized spacial score (nSPS) is 18.1. The first-order valence-electron chi connectivity index (χ1n) is 10.2. The first-order valence-corrected chi connectivity index (χ1v) is 10.2. The highest BCUT2D eigenvalue weighted by atomic mass is 16.5. The molecule has 1 aliphatic rings. The quantitative estimate of drug-likeness (QED) is 0.372. The minimum absolute atomic E-state index is 0.209. The average Bonchev–Trinajstić information content (AvgIpc) is 3.26. The highest BCUT2D eigenvalue weighted by Gasteiger charge is 2.25. The lowest BCUT2D eigenvalue weighted by atomic mass is 10.0. The summed E-state index contributed by atoms with van der Waals surface area (Å²) in [4.78, 5) is 0. The van der Waals surface area contributed by atoms with Gasteiger partial charge >= 0.3 is 0 Å². The number of ether oxygens (including phenoxy) is 3. The van der Waals surface area contributed by atoms with Crippen molar-refractivity contribution in [1.29, 1.82) is 0 Å². The molecule has 4 N–H and O–H groups in total. The maximum atomic E-state index is 5.93. The fraction of sp³-hybridized carbons (Fsp3) is 0.250. The summed E-state index contributed by atoms with van der Waals surface area (Å²) in [6.07, 6.45) is 0.928. The number of hydrogen-bond acceptors (Lipinski definition) is 6. The van der Waals surface area contributed by atoms with Gasteiger partial charge in [0.25, 0.3) is 0 Å². The molecule has 2 atom stereocenters. The van der Waals surface area contributed by atoms with E-state index in [0.717, 1.165) is 23.7 Å². The van der Waals surface area contributed by atoms with Crippen molar-refractivity contribution >= 4 is 5.69 Å². The standard InChI is InChI=1S/C24H27N3O3/c25-22-8-4-5-9-24(22)30-17-19-16-23(27-26-19)18-10-12-21(13-11-18)29-15-14-28-20-6-2-1-3-7-20/h1-13,19,23,26-27H,14-17,25H2. The van der Waals surface area contributed by atoms with E-state index in [1.807, 2.05) is 66.7 Å². The van der Waals surface area contributed by atoms with Crippen LogP contribution in [0.3, 0.4) is 0 Å². The number of nitrogen functional groups attached to an aromatic ring is 1. The third kappa shape index (κ3) is 5.43. The molecule has 6 nitrogen and oxygen atoms in total. The minimum Gasteiger partial charge on any atom is -0.490 e. The molecule has 1 saturated heterocycles. The monoisotopic (exact) mass is 405 g/mol. The molecule has 1 fully saturated rings. The van der Waals surface area contributed by atoms with Gasteiger partial charge in [0.2, 0.25) is 0 Å². The topological polar surface area (TPSA) is 77.8 Å². The van der Waals surface area contributed by atoms with E-state index < -0.39 is 0 Å². The second-order valence-electron chi connectivity index (χ2n) is 7.20. The maximum absolute atomic E-state index is 5.93. The summed E-state index contributed by atoms with van der Waals surface area (Å²) in [5, 5.41) is 0. The predicted octanol–water partition coefficient (Wildman–Crippen LogP) is 3.71. The Bertz CT molecular complexity index is 918. The predicted molar refractivity (Wildman–Crippen MR) is 118 cm³/mol. The van der Waals surface area contributed by atoms with Crippen molar-refractivity contribution in [2.75, 3.05) is 25.6 Å². The molecule has 4 rings (SSSR count). The van der Waals surface area contributed by atoms with Crippen LogP contribution in [0.4, 0.5) is 5.69 Å². The molecule has 30 heavy (non-hydrogen) atoms. The Kier molecular flexibility index (Phi) is 6.69. The Morgan fingerprint density at radius 1 is 0.733 bits per heavy atom. The minimum atomic E-state index is 0.209. The van der Waals surface area contributed by atoms with Crippen molar-refractivity contribution in [1.82, 2.24) is 10.9 Å². The number of hydrogen-bond donors (Lipinski definition) is 3. The average molecular weight is 405 g/mol. The second-order valence-corrected chi connectivity index (χ2v) is 7.20. The summed E-state index contributed by atoms with van der Waals surface area (Å²) in [7, 11) is 0. The zero-order valence-corrected chi connectivity index (χ0v) is 16.8. The van der Waals surface area contributed by atoms with E-state index in [0.29, 0.717) is 25.5 Å². The van der Waals surface area contributed by atoms with Crippen LogP contribution in [0.15, 0.2) is 78.9 Å². The van der Waals surface area contributed by atoms with E-state index in [-0.39, 0.29) is 12.1 Å². The van der Waals surface area contributed by atoms with Gasteiger partial charge in [-0.15, -0.1) is 0 Å². The second kappa shape index (κ2) is 10.0. The van der Waals surface area contributed by atoms with Crippen LogP contribution in [0.2, 0.25) is 0 Å². The Morgan fingerprint density at radius 2 is 1.40 bits per heavy atom. The fourth-order valence-electron chi connectivity index (χ4n) is 3.38. The Balaban J connectivity index is 1.20. The zero-order valence-electron chi connectivity index (χ0n) is 16.8. The van der Waals surface area contributed by atoms with Gasteiger partial charge in [-0.25, -0.2) is 5.43 Å². The largest absolute Gasteiger partial charge is 0.490 e. The van der Waals surface area contributed by atoms with Crippen LogP contribution in [-0.4, -0.2) is 25.9 Å². The third-order valence-electron chi connectivity index (χ3n) is 4.99. The van der Waals surface area contributed by atoms with Gasteiger partial charge in [-0.3, -0.25) is 5.43 Å². The summed E-state index contributed by atoms with van der Waals surface area (Å²) < 4.78 is 17.3. The number of para-hydroxylation sites is 3. The molecule has 3 aromatic rings. The van der Waals surface area contributed by atoms with Crippen molar-refractivity contribution in [3.05, 3.63) is 84.4 Å². The highest BCUT2D eigenvalue weighted by molar-refractivity contribution is 5.51. The molecule has 0 radical (unpaired) electrons. The molecule has 2 unspecified atom stereocenters. The van der Waals surface area contributed by atoms with Gasteiger partial charge in [0.1, 0.15) is 37.1 Å². The number of anilines is 1. The maximum Gasteiger partial charge on any atom is 0.142 e.